The molecule has 224 valence electrons. The van der Waals surface area contributed by atoms with Crippen molar-refractivity contribution in [3.05, 3.63) is 94.0 Å². The molecule has 0 radical (unpaired) electrons. The van der Waals surface area contributed by atoms with E-state index in [0.29, 0.717) is 27.7 Å². The monoisotopic (exact) mass is 629 g/mol. The third-order valence-electron chi connectivity index (χ3n) is 7.73. The van der Waals surface area contributed by atoms with Crippen LogP contribution in [0, 0.1) is 0 Å². The van der Waals surface area contributed by atoms with Gasteiger partial charge in [-0.25, -0.2) is 8.42 Å². The summed E-state index contributed by atoms with van der Waals surface area (Å²) in [6.07, 6.45) is 5.59. The Kier molecular flexibility index (Phi) is 10.9. The number of carbonyl (C=O) groups excluding carboxylic acids is 2. The van der Waals surface area contributed by atoms with Gasteiger partial charge in [0.2, 0.25) is 11.8 Å². The Morgan fingerprint density at radius 3 is 2.26 bits per heavy atom. The highest BCUT2D eigenvalue weighted by Crippen LogP contribution is 2.29. The molecule has 3 aromatic rings. The zero-order chi connectivity index (χ0) is 30.3. The number of rotatable bonds is 11. The summed E-state index contributed by atoms with van der Waals surface area (Å²) in [7, 11) is -4.13. The third kappa shape index (κ3) is 7.65. The SMILES string of the molecule is CCc1ccccc1N(CC(=O)N(Cc1ccc(Cl)cc1Cl)[C@@H](C)C(=O)NC1CCCCC1)S(=O)(=O)c1ccccc1. The second-order valence-corrected chi connectivity index (χ2v) is 13.3. The van der Waals surface area contributed by atoms with Gasteiger partial charge in [-0.05, 0) is 67.6 Å². The van der Waals surface area contributed by atoms with E-state index in [9.17, 15) is 18.0 Å². The number of benzene rings is 3. The van der Waals surface area contributed by atoms with Crippen LogP contribution in [0.3, 0.4) is 0 Å². The van der Waals surface area contributed by atoms with Crippen LogP contribution in [0.4, 0.5) is 5.69 Å². The van der Waals surface area contributed by atoms with Gasteiger partial charge in [0.25, 0.3) is 10.0 Å². The second-order valence-electron chi connectivity index (χ2n) is 10.6. The van der Waals surface area contributed by atoms with Gasteiger partial charge in [-0.2, -0.15) is 0 Å². The first kappa shape index (κ1) is 31.9. The molecule has 1 fully saturated rings. The van der Waals surface area contributed by atoms with E-state index in [2.05, 4.69) is 5.32 Å². The number of nitrogens with zero attached hydrogens (tertiary/aromatic N) is 2. The summed E-state index contributed by atoms with van der Waals surface area (Å²) in [5.74, 6) is -0.815. The fourth-order valence-corrected chi connectivity index (χ4v) is 7.21. The number of nitrogens with one attached hydrogen (secondary N) is 1. The number of aryl methyl sites for hydroxylation is 1. The van der Waals surface area contributed by atoms with E-state index in [0.717, 1.165) is 42.0 Å². The lowest BCUT2D eigenvalue weighted by molar-refractivity contribution is -0.139. The Bertz CT molecular complexity index is 1490. The van der Waals surface area contributed by atoms with Crippen LogP contribution in [-0.2, 0) is 32.6 Å². The van der Waals surface area contributed by atoms with Crippen molar-refractivity contribution >= 4 is 50.7 Å². The van der Waals surface area contributed by atoms with Crippen LogP contribution < -0.4 is 9.62 Å². The molecule has 3 aromatic carbocycles. The maximum absolute atomic E-state index is 14.2. The Labute approximate surface area is 258 Å². The molecule has 0 spiro atoms. The molecular weight excluding hydrogens is 593 g/mol. The van der Waals surface area contributed by atoms with Crippen molar-refractivity contribution in [1.82, 2.24) is 10.2 Å². The zero-order valence-electron chi connectivity index (χ0n) is 23.9. The van der Waals surface area contributed by atoms with Crippen molar-refractivity contribution in [3.63, 3.8) is 0 Å². The summed E-state index contributed by atoms with van der Waals surface area (Å²) in [6.45, 7) is 3.10. The quantitative estimate of drug-likeness (QED) is 0.258. The van der Waals surface area contributed by atoms with Gasteiger partial charge in [0.05, 0.1) is 10.6 Å². The van der Waals surface area contributed by atoms with Gasteiger partial charge in [0.15, 0.2) is 0 Å². The number of carbonyl (C=O) groups is 2. The van der Waals surface area contributed by atoms with E-state index in [1.165, 1.54) is 17.0 Å². The van der Waals surface area contributed by atoms with Crippen LogP contribution in [-0.4, -0.2) is 43.8 Å². The van der Waals surface area contributed by atoms with E-state index < -0.39 is 28.5 Å². The highest BCUT2D eigenvalue weighted by Gasteiger charge is 2.34. The van der Waals surface area contributed by atoms with Crippen molar-refractivity contribution < 1.29 is 18.0 Å². The number of anilines is 1. The molecule has 1 aliphatic carbocycles. The topological polar surface area (TPSA) is 86.8 Å². The standard InChI is InChI=1S/C32H37Cl2N3O4S/c1-3-24-12-10-11-17-30(24)37(42(40,41)28-15-8-5-9-16-28)22-31(38)36(21-25-18-19-26(33)20-29(25)34)23(2)32(39)35-27-13-6-4-7-14-27/h5,8-12,15-20,23,27H,3-4,6-7,13-14,21-22H2,1-2H3,(H,35,39)/t23-/m0/s1. The molecule has 7 nitrogen and oxygen atoms in total. The first-order chi connectivity index (χ1) is 20.1. The van der Waals surface area contributed by atoms with Crippen LogP contribution >= 0.6 is 23.2 Å². The van der Waals surface area contributed by atoms with E-state index in [-0.39, 0.29) is 23.4 Å². The average Bonchev–Trinajstić information content (AvgIpc) is 3.00. The smallest absolute Gasteiger partial charge is 0.264 e. The van der Waals surface area contributed by atoms with Gasteiger partial charge in [0.1, 0.15) is 12.6 Å². The van der Waals surface area contributed by atoms with E-state index >= 15 is 0 Å². The molecule has 1 aliphatic rings. The van der Waals surface area contributed by atoms with Gasteiger partial charge in [-0.3, -0.25) is 13.9 Å². The lowest BCUT2D eigenvalue weighted by Gasteiger charge is -2.34. The molecule has 0 heterocycles. The molecule has 0 saturated heterocycles. The normalized spacial score (nSPS) is 14.7. The summed E-state index contributed by atoms with van der Waals surface area (Å²) >= 11 is 12.6. The molecule has 42 heavy (non-hydrogen) atoms. The third-order valence-corrected chi connectivity index (χ3v) is 10.1. The molecule has 10 heteroatoms. The number of hydrogen-bond donors (Lipinski definition) is 1. The second kappa shape index (κ2) is 14.4. The van der Waals surface area contributed by atoms with Crippen molar-refractivity contribution in [1.29, 1.82) is 0 Å². The Hall–Kier alpha value is -3.07. The Balaban J connectivity index is 1.71. The summed E-state index contributed by atoms with van der Waals surface area (Å²) in [5, 5.41) is 3.90. The first-order valence-corrected chi connectivity index (χ1v) is 16.5. The molecule has 4 rings (SSSR count). The van der Waals surface area contributed by atoms with Crippen LogP contribution in [0.5, 0.6) is 0 Å². The maximum Gasteiger partial charge on any atom is 0.264 e. The lowest BCUT2D eigenvalue weighted by atomic mass is 9.95. The minimum atomic E-state index is -4.13. The highest BCUT2D eigenvalue weighted by atomic mass is 35.5. The summed E-state index contributed by atoms with van der Waals surface area (Å²) in [6, 6.07) is 19.3. The Morgan fingerprint density at radius 2 is 1.60 bits per heavy atom. The molecule has 0 bridgehead atoms. The van der Waals surface area contributed by atoms with Crippen LogP contribution in [0.15, 0.2) is 77.7 Å². The van der Waals surface area contributed by atoms with Crippen molar-refractivity contribution in [2.24, 2.45) is 0 Å². The zero-order valence-corrected chi connectivity index (χ0v) is 26.3. The molecule has 1 atom stereocenters. The molecular formula is C32H37Cl2N3O4S. The van der Waals surface area contributed by atoms with E-state index in [1.54, 1.807) is 55.5 Å². The predicted octanol–water partition coefficient (Wildman–Crippen LogP) is 6.62. The number of sulfonamides is 1. The summed E-state index contributed by atoms with van der Waals surface area (Å²) < 4.78 is 29.2. The molecule has 2 amide bonds. The Morgan fingerprint density at radius 1 is 0.929 bits per heavy atom. The minimum absolute atomic E-state index is 0.00272. The number of halogens is 2. The van der Waals surface area contributed by atoms with Gasteiger partial charge >= 0.3 is 0 Å². The maximum atomic E-state index is 14.2. The first-order valence-electron chi connectivity index (χ1n) is 14.3. The number of amides is 2. The highest BCUT2D eigenvalue weighted by molar-refractivity contribution is 7.92. The minimum Gasteiger partial charge on any atom is -0.352 e. The largest absolute Gasteiger partial charge is 0.352 e. The van der Waals surface area contributed by atoms with Gasteiger partial charge in [-0.15, -0.1) is 0 Å². The van der Waals surface area contributed by atoms with Gasteiger partial charge in [-0.1, -0.05) is 91.9 Å². The predicted molar refractivity (Wildman–Crippen MR) is 168 cm³/mol. The molecule has 1 saturated carbocycles. The van der Waals surface area contributed by atoms with Gasteiger partial charge < -0.3 is 10.2 Å². The average molecular weight is 631 g/mol. The van der Waals surface area contributed by atoms with Crippen molar-refractivity contribution in [2.75, 3.05) is 10.8 Å². The van der Waals surface area contributed by atoms with E-state index in [1.807, 2.05) is 19.1 Å². The lowest BCUT2D eigenvalue weighted by Crippen LogP contribution is -2.53. The van der Waals surface area contributed by atoms with Crippen molar-refractivity contribution in [3.8, 4) is 0 Å². The van der Waals surface area contributed by atoms with Crippen LogP contribution in [0.1, 0.15) is 57.1 Å². The fraction of sp³-hybridized carbons (Fsp3) is 0.375. The van der Waals surface area contributed by atoms with Gasteiger partial charge in [0, 0.05) is 22.6 Å². The van der Waals surface area contributed by atoms with Crippen molar-refractivity contribution in [2.45, 2.75) is 75.9 Å². The van der Waals surface area contributed by atoms with Crippen LogP contribution in [0.25, 0.3) is 0 Å². The van der Waals surface area contributed by atoms with E-state index in [4.69, 9.17) is 23.2 Å². The number of hydrogen-bond acceptors (Lipinski definition) is 4. The molecule has 0 aromatic heterocycles. The molecule has 0 unspecified atom stereocenters. The van der Waals surface area contributed by atoms with Crippen LogP contribution in [0.2, 0.25) is 10.0 Å². The molecule has 1 N–H and O–H groups in total. The summed E-state index contributed by atoms with van der Waals surface area (Å²) in [4.78, 5) is 29.1. The molecule has 0 aliphatic heterocycles. The summed E-state index contributed by atoms with van der Waals surface area (Å²) in [5.41, 5.74) is 1.79. The number of para-hydroxylation sites is 1. The fourth-order valence-electron chi connectivity index (χ4n) is 5.27.